The van der Waals surface area contributed by atoms with Crippen LogP contribution in [0.3, 0.4) is 0 Å². The molecule has 9 heteroatoms. The van der Waals surface area contributed by atoms with Gasteiger partial charge in [-0.2, -0.15) is 19.7 Å². The minimum absolute atomic E-state index is 0.135. The SMILES string of the molecule is Cc1nc(Cl)nc(Nc2ccc(-c3cnn(C(=O)OC(C)(C)C)c3)cc2)n1. The normalized spacial score (nSPS) is 11.3. The van der Waals surface area contributed by atoms with Crippen molar-refractivity contribution in [3.05, 3.63) is 47.8 Å². The number of ether oxygens (including phenoxy) is 1. The van der Waals surface area contributed by atoms with E-state index in [1.54, 1.807) is 19.3 Å². The summed E-state index contributed by atoms with van der Waals surface area (Å²) in [7, 11) is 0. The third-order valence-electron chi connectivity index (χ3n) is 3.36. The molecule has 0 saturated carbocycles. The summed E-state index contributed by atoms with van der Waals surface area (Å²) >= 11 is 5.84. The van der Waals surface area contributed by atoms with Crippen LogP contribution in [0.1, 0.15) is 26.6 Å². The number of carbonyl (C=O) groups excluding carboxylic acids is 1. The molecule has 140 valence electrons. The standard InChI is InChI=1S/C18H19ClN6O2/c1-11-21-15(19)24-16(22-11)23-14-7-5-12(6-8-14)13-9-20-25(10-13)17(26)27-18(2,3)4/h5-10H,1-4H3,(H,21,22,23,24). The summed E-state index contributed by atoms with van der Waals surface area (Å²) < 4.78 is 6.48. The van der Waals surface area contributed by atoms with Crippen molar-refractivity contribution in [2.24, 2.45) is 0 Å². The summed E-state index contributed by atoms with van der Waals surface area (Å²) in [5.41, 5.74) is 1.92. The van der Waals surface area contributed by atoms with Gasteiger partial charge in [0.25, 0.3) is 0 Å². The second-order valence-electron chi connectivity index (χ2n) is 6.83. The topological polar surface area (TPSA) is 94.8 Å². The van der Waals surface area contributed by atoms with Gasteiger partial charge in [-0.1, -0.05) is 12.1 Å². The van der Waals surface area contributed by atoms with Gasteiger partial charge in [0.05, 0.1) is 6.20 Å². The predicted molar refractivity (Wildman–Crippen MR) is 102 cm³/mol. The van der Waals surface area contributed by atoms with Crippen molar-refractivity contribution < 1.29 is 9.53 Å². The maximum Gasteiger partial charge on any atom is 0.435 e. The first-order valence-electron chi connectivity index (χ1n) is 8.23. The highest BCUT2D eigenvalue weighted by molar-refractivity contribution is 6.28. The molecule has 0 radical (unpaired) electrons. The number of halogens is 1. The number of hydrogen-bond donors (Lipinski definition) is 1. The molecule has 0 fully saturated rings. The molecule has 0 aliphatic heterocycles. The van der Waals surface area contributed by atoms with Crippen molar-refractivity contribution in [1.82, 2.24) is 24.7 Å². The molecule has 2 heterocycles. The lowest BCUT2D eigenvalue weighted by Gasteiger charge is -2.18. The molecule has 3 rings (SSSR count). The maximum absolute atomic E-state index is 12.1. The first-order valence-corrected chi connectivity index (χ1v) is 8.61. The molecule has 0 aliphatic carbocycles. The van der Waals surface area contributed by atoms with Crippen LogP contribution in [0, 0.1) is 6.92 Å². The Morgan fingerprint density at radius 1 is 1.11 bits per heavy atom. The fourth-order valence-electron chi connectivity index (χ4n) is 2.26. The second kappa shape index (κ2) is 7.32. The Hall–Kier alpha value is -3.00. The molecule has 0 amide bonds. The number of rotatable bonds is 3. The van der Waals surface area contributed by atoms with E-state index in [4.69, 9.17) is 16.3 Å². The molecule has 1 aromatic carbocycles. The molecule has 27 heavy (non-hydrogen) atoms. The molecular weight excluding hydrogens is 368 g/mol. The number of aromatic nitrogens is 5. The highest BCUT2D eigenvalue weighted by Gasteiger charge is 2.18. The Balaban J connectivity index is 1.73. The van der Waals surface area contributed by atoms with Gasteiger partial charge in [0.1, 0.15) is 11.4 Å². The zero-order chi connectivity index (χ0) is 19.6. The smallest absolute Gasteiger partial charge is 0.435 e. The lowest BCUT2D eigenvalue weighted by molar-refractivity contribution is 0.0514. The lowest BCUT2D eigenvalue weighted by atomic mass is 10.1. The van der Waals surface area contributed by atoms with E-state index in [9.17, 15) is 4.79 Å². The van der Waals surface area contributed by atoms with E-state index >= 15 is 0 Å². The minimum Gasteiger partial charge on any atom is -0.442 e. The molecule has 2 aromatic heterocycles. The number of aryl methyl sites for hydroxylation is 1. The van der Waals surface area contributed by atoms with Crippen molar-refractivity contribution in [3.8, 4) is 11.1 Å². The largest absolute Gasteiger partial charge is 0.442 e. The Labute approximate surface area is 161 Å². The van der Waals surface area contributed by atoms with Gasteiger partial charge in [0, 0.05) is 17.4 Å². The number of hydrogen-bond acceptors (Lipinski definition) is 7. The molecule has 0 atom stereocenters. The summed E-state index contributed by atoms with van der Waals surface area (Å²) in [5, 5.41) is 7.28. The molecule has 0 aliphatic rings. The van der Waals surface area contributed by atoms with Gasteiger partial charge in [-0.15, -0.1) is 0 Å². The zero-order valence-electron chi connectivity index (χ0n) is 15.4. The Morgan fingerprint density at radius 2 is 1.81 bits per heavy atom. The minimum atomic E-state index is -0.577. The summed E-state index contributed by atoms with van der Waals surface area (Å²) in [5.74, 6) is 0.904. The summed E-state index contributed by atoms with van der Waals surface area (Å²) in [6.07, 6.45) is 2.72. The quantitative estimate of drug-likeness (QED) is 0.719. The number of benzene rings is 1. The van der Waals surface area contributed by atoms with E-state index in [1.165, 1.54) is 4.68 Å². The Bertz CT molecular complexity index is 942. The molecular formula is C18H19ClN6O2. The van der Waals surface area contributed by atoms with Crippen molar-refractivity contribution in [1.29, 1.82) is 0 Å². The van der Waals surface area contributed by atoms with Gasteiger partial charge >= 0.3 is 6.09 Å². The fraction of sp³-hybridized carbons (Fsp3) is 0.278. The van der Waals surface area contributed by atoms with Crippen LogP contribution in [0.2, 0.25) is 5.28 Å². The van der Waals surface area contributed by atoms with Gasteiger partial charge in [-0.05, 0) is 57.0 Å². The van der Waals surface area contributed by atoms with E-state index in [1.807, 2.05) is 45.0 Å². The lowest BCUT2D eigenvalue weighted by Crippen LogP contribution is -2.27. The third-order valence-corrected chi connectivity index (χ3v) is 3.53. The fourth-order valence-corrected chi connectivity index (χ4v) is 2.46. The van der Waals surface area contributed by atoms with Crippen LogP contribution in [0.4, 0.5) is 16.4 Å². The molecule has 1 N–H and O–H groups in total. The highest BCUT2D eigenvalue weighted by Crippen LogP contribution is 2.22. The molecule has 0 bridgehead atoms. The van der Waals surface area contributed by atoms with Gasteiger partial charge < -0.3 is 10.1 Å². The zero-order valence-corrected chi connectivity index (χ0v) is 16.2. The first kappa shape index (κ1) is 18.8. The molecule has 3 aromatic rings. The number of nitrogens with one attached hydrogen (secondary N) is 1. The van der Waals surface area contributed by atoms with Crippen LogP contribution in [0.25, 0.3) is 11.1 Å². The van der Waals surface area contributed by atoms with E-state index < -0.39 is 11.7 Å². The van der Waals surface area contributed by atoms with E-state index in [-0.39, 0.29) is 5.28 Å². The summed E-state index contributed by atoms with van der Waals surface area (Å²) in [6.45, 7) is 7.16. The second-order valence-corrected chi connectivity index (χ2v) is 7.17. The van der Waals surface area contributed by atoms with Crippen LogP contribution in [0.15, 0.2) is 36.7 Å². The van der Waals surface area contributed by atoms with Crippen molar-refractivity contribution >= 4 is 29.3 Å². The van der Waals surface area contributed by atoms with E-state index in [0.29, 0.717) is 11.8 Å². The van der Waals surface area contributed by atoms with E-state index in [2.05, 4.69) is 25.4 Å². The number of anilines is 2. The monoisotopic (exact) mass is 386 g/mol. The Morgan fingerprint density at radius 3 is 2.44 bits per heavy atom. The first-order chi connectivity index (χ1) is 12.7. The Kier molecular flexibility index (Phi) is 5.09. The molecule has 0 spiro atoms. The van der Waals surface area contributed by atoms with Gasteiger partial charge in [-0.25, -0.2) is 9.78 Å². The summed E-state index contributed by atoms with van der Waals surface area (Å²) in [6, 6.07) is 7.53. The average Bonchev–Trinajstić information content (AvgIpc) is 3.03. The van der Waals surface area contributed by atoms with Crippen LogP contribution in [-0.4, -0.2) is 36.4 Å². The number of nitrogens with zero attached hydrogens (tertiary/aromatic N) is 5. The van der Waals surface area contributed by atoms with Gasteiger partial charge in [0.2, 0.25) is 11.2 Å². The third kappa shape index (κ3) is 5.01. The highest BCUT2D eigenvalue weighted by atomic mass is 35.5. The van der Waals surface area contributed by atoms with Crippen molar-refractivity contribution in [2.75, 3.05) is 5.32 Å². The van der Waals surface area contributed by atoms with Crippen molar-refractivity contribution in [2.45, 2.75) is 33.3 Å². The molecule has 0 saturated heterocycles. The summed E-state index contributed by atoms with van der Waals surface area (Å²) in [4.78, 5) is 24.2. The van der Waals surface area contributed by atoms with Crippen LogP contribution in [-0.2, 0) is 4.74 Å². The van der Waals surface area contributed by atoms with Gasteiger partial charge in [-0.3, -0.25) is 0 Å². The molecule has 8 nitrogen and oxygen atoms in total. The van der Waals surface area contributed by atoms with Crippen LogP contribution >= 0.6 is 11.6 Å². The average molecular weight is 387 g/mol. The predicted octanol–water partition coefficient (Wildman–Crippen LogP) is 4.22. The van der Waals surface area contributed by atoms with Gasteiger partial charge in [0.15, 0.2) is 0 Å². The number of carbonyl (C=O) groups is 1. The van der Waals surface area contributed by atoms with Crippen molar-refractivity contribution in [3.63, 3.8) is 0 Å². The van der Waals surface area contributed by atoms with E-state index in [0.717, 1.165) is 16.8 Å². The van der Waals surface area contributed by atoms with Crippen LogP contribution in [0.5, 0.6) is 0 Å². The molecule has 0 unspecified atom stereocenters. The maximum atomic E-state index is 12.1. The van der Waals surface area contributed by atoms with Crippen LogP contribution < -0.4 is 5.32 Å².